The Morgan fingerprint density at radius 2 is 2.24 bits per heavy atom. The number of hydrogen-bond acceptors (Lipinski definition) is 6. The zero-order valence-corrected chi connectivity index (χ0v) is 9.04. The van der Waals surface area contributed by atoms with Crippen molar-refractivity contribution in [3.8, 4) is 0 Å². The van der Waals surface area contributed by atoms with E-state index in [1.54, 1.807) is 12.2 Å². The summed E-state index contributed by atoms with van der Waals surface area (Å²) in [5.41, 5.74) is -1.02. The van der Waals surface area contributed by atoms with Gasteiger partial charge in [-0.3, -0.25) is 14.4 Å². The molecule has 2 bridgehead atoms. The second-order valence-electron chi connectivity index (χ2n) is 4.42. The molecule has 4 atom stereocenters. The first kappa shape index (κ1) is 10.5. The molecule has 2 fully saturated rings. The van der Waals surface area contributed by atoms with E-state index in [0.29, 0.717) is 0 Å². The lowest BCUT2D eigenvalue weighted by atomic mass is 9.77. The highest BCUT2D eigenvalue weighted by Gasteiger charge is 2.67. The summed E-state index contributed by atoms with van der Waals surface area (Å²) in [5, 5.41) is 0. The lowest BCUT2D eigenvalue weighted by Gasteiger charge is -2.26. The Labute approximate surface area is 96.5 Å². The van der Waals surface area contributed by atoms with E-state index in [0.717, 1.165) is 0 Å². The number of ether oxygens (including phenoxy) is 3. The van der Waals surface area contributed by atoms with Crippen LogP contribution in [0.5, 0.6) is 0 Å². The first-order valence-corrected chi connectivity index (χ1v) is 5.29. The number of cyclic esters (lactones) is 2. The van der Waals surface area contributed by atoms with Gasteiger partial charge in [-0.1, -0.05) is 6.08 Å². The van der Waals surface area contributed by atoms with Crippen LogP contribution < -0.4 is 0 Å². The average molecular weight is 238 g/mol. The van der Waals surface area contributed by atoms with Crippen molar-refractivity contribution in [1.29, 1.82) is 0 Å². The Balaban J connectivity index is 1.91. The summed E-state index contributed by atoms with van der Waals surface area (Å²) in [6.45, 7) is 1.20. The maximum atomic E-state index is 11.6. The minimum Gasteiger partial charge on any atom is -0.462 e. The molecule has 0 aromatic carbocycles. The smallest absolute Gasteiger partial charge is 0.321 e. The molecule has 0 unspecified atom stereocenters. The minimum absolute atomic E-state index is 0.0706. The van der Waals surface area contributed by atoms with E-state index in [9.17, 15) is 14.4 Å². The molecule has 0 saturated carbocycles. The van der Waals surface area contributed by atoms with E-state index >= 15 is 0 Å². The Hall–Kier alpha value is -1.69. The number of hydrogen-bond donors (Lipinski definition) is 0. The maximum Gasteiger partial charge on any atom is 0.321 e. The van der Waals surface area contributed by atoms with Crippen LogP contribution in [0.3, 0.4) is 0 Å². The van der Waals surface area contributed by atoms with Crippen molar-refractivity contribution in [2.75, 3.05) is 6.61 Å². The molecular formula is C11H10O6. The van der Waals surface area contributed by atoms with Gasteiger partial charge >= 0.3 is 17.9 Å². The summed E-state index contributed by atoms with van der Waals surface area (Å²) >= 11 is 0. The standard InChI is InChI=1S/C11H10O6/c1-5(12)15-4-11-3-2-6(17-11)7-8(11)10(14)16-9(7)13/h2-3,6-8H,4H2,1H3/t6-,7-,8-,11-/m1/s1. The highest BCUT2D eigenvalue weighted by atomic mass is 16.6. The number of carbonyl (C=O) groups excluding carboxylic acids is 3. The molecule has 6 heteroatoms. The van der Waals surface area contributed by atoms with Crippen LogP contribution in [0.1, 0.15) is 6.92 Å². The Morgan fingerprint density at radius 1 is 1.47 bits per heavy atom. The molecule has 0 aliphatic carbocycles. The first-order valence-electron chi connectivity index (χ1n) is 5.29. The van der Waals surface area contributed by atoms with Gasteiger partial charge in [0.05, 0.1) is 6.10 Å². The minimum atomic E-state index is -1.02. The monoisotopic (exact) mass is 238 g/mol. The van der Waals surface area contributed by atoms with Crippen molar-refractivity contribution >= 4 is 17.9 Å². The van der Waals surface area contributed by atoms with Crippen LogP contribution in [-0.2, 0) is 28.6 Å². The van der Waals surface area contributed by atoms with E-state index in [-0.39, 0.29) is 6.61 Å². The van der Waals surface area contributed by atoms with Crippen molar-refractivity contribution in [3.05, 3.63) is 12.2 Å². The van der Waals surface area contributed by atoms with Gasteiger partial charge in [0.1, 0.15) is 24.0 Å². The first-order chi connectivity index (χ1) is 8.03. The summed E-state index contributed by atoms with van der Waals surface area (Å²) < 4.78 is 15.1. The van der Waals surface area contributed by atoms with Crippen LogP contribution in [0.25, 0.3) is 0 Å². The van der Waals surface area contributed by atoms with Gasteiger partial charge in [0.15, 0.2) is 0 Å². The molecule has 2 saturated heterocycles. The summed E-state index contributed by atoms with van der Waals surface area (Å²) in [6, 6.07) is 0. The molecule has 0 aromatic heterocycles. The fraction of sp³-hybridized carbons (Fsp3) is 0.545. The summed E-state index contributed by atoms with van der Waals surface area (Å²) in [7, 11) is 0. The molecule has 3 rings (SSSR count). The third-order valence-corrected chi connectivity index (χ3v) is 3.39. The summed E-state index contributed by atoms with van der Waals surface area (Å²) in [6.07, 6.45) is 2.95. The average Bonchev–Trinajstić information content (AvgIpc) is 2.88. The molecule has 3 aliphatic rings. The Bertz CT molecular complexity index is 453. The van der Waals surface area contributed by atoms with Crippen LogP contribution in [0.2, 0.25) is 0 Å². The van der Waals surface area contributed by atoms with Crippen LogP contribution in [0.15, 0.2) is 12.2 Å². The lowest BCUT2D eigenvalue weighted by molar-refractivity contribution is -0.163. The van der Waals surface area contributed by atoms with E-state index < -0.39 is 41.4 Å². The van der Waals surface area contributed by atoms with Gasteiger partial charge in [0.2, 0.25) is 0 Å². The number of esters is 3. The van der Waals surface area contributed by atoms with Crippen LogP contribution in [0, 0.1) is 11.8 Å². The largest absolute Gasteiger partial charge is 0.462 e. The van der Waals surface area contributed by atoms with Crippen molar-refractivity contribution in [1.82, 2.24) is 0 Å². The zero-order chi connectivity index (χ0) is 12.2. The van der Waals surface area contributed by atoms with E-state index in [1.165, 1.54) is 6.92 Å². The van der Waals surface area contributed by atoms with Crippen molar-refractivity contribution in [2.45, 2.75) is 18.6 Å². The van der Waals surface area contributed by atoms with Crippen molar-refractivity contribution in [2.24, 2.45) is 11.8 Å². The van der Waals surface area contributed by atoms with Crippen LogP contribution >= 0.6 is 0 Å². The predicted octanol–water partition coefficient (Wildman–Crippen LogP) is -0.427. The highest BCUT2D eigenvalue weighted by Crippen LogP contribution is 2.51. The van der Waals surface area contributed by atoms with E-state index in [4.69, 9.17) is 9.47 Å². The number of carbonyl (C=O) groups is 3. The topological polar surface area (TPSA) is 78.9 Å². The summed E-state index contributed by atoms with van der Waals surface area (Å²) in [4.78, 5) is 33.9. The number of fused-ring (bicyclic) bond motifs is 5. The van der Waals surface area contributed by atoms with Crippen LogP contribution in [0.4, 0.5) is 0 Å². The normalized spacial score (nSPS) is 41.6. The Kier molecular flexibility index (Phi) is 1.95. The highest BCUT2D eigenvalue weighted by molar-refractivity contribution is 5.99. The fourth-order valence-corrected chi connectivity index (χ4v) is 2.69. The molecule has 3 aliphatic heterocycles. The van der Waals surface area contributed by atoms with Gasteiger partial charge in [-0.05, 0) is 6.08 Å². The fourth-order valence-electron chi connectivity index (χ4n) is 2.69. The molecule has 0 aromatic rings. The Morgan fingerprint density at radius 3 is 2.94 bits per heavy atom. The third-order valence-electron chi connectivity index (χ3n) is 3.39. The van der Waals surface area contributed by atoms with Gasteiger partial charge in [0, 0.05) is 6.92 Å². The number of rotatable bonds is 2. The second-order valence-corrected chi connectivity index (χ2v) is 4.42. The molecule has 0 N–H and O–H groups in total. The SMILES string of the molecule is CC(=O)OC[C@@]12C=C[C@@H](O1)[C@H]1C(=O)OC(=O)[C@@H]12. The van der Waals surface area contributed by atoms with Gasteiger partial charge < -0.3 is 14.2 Å². The van der Waals surface area contributed by atoms with E-state index in [1.807, 2.05) is 0 Å². The molecular weight excluding hydrogens is 228 g/mol. The molecule has 0 amide bonds. The maximum absolute atomic E-state index is 11.6. The van der Waals surface area contributed by atoms with E-state index in [2.05, 4.69) is 4.74 Å². The van der Waals surface area contributed by atoms with Crippen molar-refractivity contribution < 1.29 is 28.6 Å². The van der Waals surface area contributed by atoms with Crippen LogP contribution in [-0.4, -0.2) is 36.2 Å². The second kappa shape index (κ2) is 3.16. The molecule has 0 radical (unpaired) electrons. The summed E-state index contributed by atoms with van der Waals surface area (Å²) in [5.74, 6) is -2.90. The molecule has 0 spiro atoms. The zero-order valence-electron chi connectivity index (χ0n) is 9.04. The molecule has 17 heavy (non-hydrogen) atoms. The van der Waals surface area contributed by atoms with Gasteiger partial charge in [-0.2, -0.15) is 0 Å². The molecule has 90 valence electrons. The van der Waals surface area contributed by atoms with Gasteiger partial charge in [-0.25, -0.2) is 0 Å². The predicted molar refractivity (Wildman–Crippen MR) is 51.5 cm³/mol. The molecule has 6 nitrogen and oxygen atoms in total. The van der Waals surface area contributed by atoms with Gasteiger partial charge in [-0.15, -0.1) is 0 Å². The van der Waals surface area contributed by atoms with Gasteiger partial charge in [0.25, 0.3) is 0 Å². The lowest BCUT2D eigenvalue weighted by Crippen LogP contribution is -2.42. The molecule has 3 heterocycles. The van der Waals surface area contributed by atoms with Crippen molar-refractivity contribution in [3.63, 3.8) is 0 Å². The third kappa shape index (κ3) is 1.27. The quantitative estimate of drug-likeness (QED) is 0.369.